The molecule has 23 heavy (non-hydrogen) atoms. The Morgan fingerprint density at radius 2 is 1.61 bits per heavy atom. The molecular weight excluding hydrogens is 296 g/mol. The minimum atomic E-state index is -0.853. The lowest BCUT2D eigenvalue weighted by atomic mass is 9.87. The Balaban J connectivity index is 2.49. The van der Waals surface area contributed by atoms with Crippen molar-refractivity contribution in [1.82, 2.24) is 10.6 Å². The van der Waals surface area contributed by atoms with Gasteiger partial charge in [0.25, 0.3) is 0 Å². The fraction of sp³-hybridized carbons (Fsp3) is 0.824. The molecule has 3 N–H and O–H groups in total. The maximum atomic E-state index is 12.0. The zero-order chi connectivity index (χ0) is 17.5. The molecule has 0 saturated heterocycles. The molecule has 2 atom stereocenters. The summed E-state index contributed by atoms with van der Waals surface area (Å²) in [4.78, 5) is 35.2. The summed E-state index contributed by atoms with van der Waals surface area (Å²) < 4.78 is 0. The van der Waals surface area contributed by atoms with Gasteiger partial charge in [-0.05, 0) is 18.3 Å². The van der Waals surface area contributed by atoms with Crippen LogP contribution in [-0.4, -0.2) is 35.5 Å². The highest BCUT2D eigenvalue weighted by molar-refractivity contribution is 5.85. The van der Waals surface area contributed by atoms with Crippen molar-refractivity contribution in [1.29, 1.82) is 0 Å². The molecule has 0 aromatic rings. The van der Waals surface area contributed by atoms with Crippen molar-refractivity contribution in [2.24, 2.45) is 11.3 Å². The summed E-state index contributed by atoms with van der Waals surface area (Å²) in [5, 5.41) is 14.8. The van der Waals surface area contributed by atoms with Gasteiger partial charge in [-0.3, -0.25) is 14.4 Å². The molecule has 0 aromatic carbocycles. The number of rotatable bonds is 5. The lowest BCUT2D eigenvalue weighted by molar-refractivity contribution is -0.143. The van der Waals surface area contributed by atoms with Crippen LogP contribution in [0.5, 0.6) is 0 Å². The van der Waals surface area contributed by atoms with Crippen LogP contribution in [0, 0.1) is 11.3 Å². The van der Waals surface area contributed by atoms with E-state index in [0.717, 1.165) is 25.7 Å². The summed E-state index contributed by atoms with van der Waals surface area (Å²) in [5.41, 5.74) is -0.130. The summed E-state index contributed by atoms with van der Waals surface area (Å²) in [6.45, 7) is 5.77. The van der Waals surface area contributed by atoms with Crippen molar-refractivity contribution in [3.63, 3.8) is 0 Å². The number of carboxylic acid groups (broad SMARTS) is 1. The molecule has 1 aliphatic rings. The fourth-order valence-electron chi connectivity index (χ4n) is 2.93. The molecule has 1 rings (SSSR count). The molecule has 6 nitrogen and oxygen atoms in total. The van der Waals surface area contributed by atoms with E-state index in [4.69, 9.17) is 0 Å². The standard InChI is InChI=1S/C17H30N2O4/c1-17(2,3)10-14(20)18-11-15(21)19-13-9-7-5-4-6-8-12(13)16(22)23/h12-13H,4-11H2,1-3H3,(H,18,20)(H,19,21)(H,22,23). The Kier molecular flexibility index (Phi) is 7.52. The van der Waals surface area contributed by atoms with Crippen LogP contribution in [-0.2, 0) is 14.4 Å². The van der Waals surface area contributed by atoms with Crippen LogP contribution in [0.1, 0.15) is 65.7 Å². The van der Waals surface area contributed by atoms with Gasteiger partial charge in [-0.25, -0.2) is 0 Å². The third-order valence-corrected chi connectivity index (χ3v) is 4.07. The highest BCUT2D eigenvalue weighted by Gasteiger charge is 2.29. The highest BCUT2D eigenvalue weighted by Crippen LogP contribution is 2.23. The van der Waals surface area contributed by atoms with E-state index in [0.29, 0.717) is 19.3 Å². The van der Waals surface area contributed by atoms with Crippen molar-refractivity contribution >= 4 is 17.8 Å². The average molecular weight is 326 g/mol. The predicted octanol–water partition coefficient (Wildman–Crippen LogP) is 2.08. The Hall–Kier alpha value is -1.59. The molecule has 1 fully saturated rings. The van der Waals surface area contributed by atoms with Gasteiger partial charge in [0.05, 0.1) is 12.5 Å². The summed E-state index contributed by atoms with van der Waals surface area (Å²) in [7, 11) is 0. The summed E-state index contributed by atoms with van der Waals surface area (Å²) in [5.74, 6) is -1.87. The molecule has 0 radical (unpaired) electrons. The van der Waals surface area contributed by atoms with Gasteiger partial charge in [0.15, 0.2) is 0 Å². The van der Waals surface area contributed by atoms with E-state index in [1.807, 2.05) is 20.8 Å². The van der Waals surface area contributed by atoms with Crippen LogP contribution in [0.2, 0.25) is 0 Å². The molecule has 0 bridgehead atoms. The monoisotopic (exact) mass is 326 g/mol. The molecule has 2 unspecified atom stereocenters. The van der Waals surface area contributed by atoms with Gasteiger partial charge in [0.2, 0.25) is 11.8 Å². The van der Waals surface area contributed by atoms with Crippen LogP contribution in [0.15, 0.2) is 0 Å². The molecule has 2 amide bonds. The highest BCUT2D eigenvalue weighted by atomic mass is 16.4. The number of carbonyl (C=O) groups excluding carboxylic acids is 2. The second-order valence-electron chi connectivity index (χ2n) is 7.62. The van der Waals surface area contributed by atoms with Crippen molar-refractivity contribution in [3.05, 3.63) is 0 Å². The topological polar surface area (TPSA) is 95.5 Å². The molecule has 0 aromatic heterocycles. The van der Waals surface area contributed by atoms with Crippen molar-refractivity contribution in [2.75, 3.05) is 6.54 Å². The summed E-state index contributed by atoms with van der Waals surface area (Å²) >= 11 is 0. The van der Waals surface area contributed by atoms with E-state index in [1.165, 1.54) is 0 Å². The first-order chi connectivity index (χ1) is 10.7. The van der Waals surface area contributed by atoms with Gasteiger partial charge >= 0.3 is 5.97 Å². The number of hydrogen-bond donors (Lipinski definition) is 3. The number of amides is 2. The third kappa shape index (κ3) is 8.00. The van der Waals surface area contributed by atoms with Crippen molar-refractivity contribution in [3.8, 4) is 0 Å². The fourth-order valence-corrected chi connectivity index (χ4v) is 2.93. The normalized spacial score (nSPS) is 22.6. The van der Waals surface area contributed by atoms with E-state index in [2.05, 4.69) is 10.6 Å². The third-order valence-electron chi connectivity index (χ3n) is 4.07. The van der Waals surface area contributed by atoms with E-state index in [1.54, 1.807) is 0 Å². The van der Waals surface area contributed by atoms with Gasteiger partial charge in [0, 0.05) is 12.5 Å². The zero-order valence-electron chi connectivity index (χ0n) is 14.5. The lowest BCUT2D eigenvalue weighted by Crippen LogP contribution is -2.47. The molecular formula is C17H30N2O4. The Morgan fingerprint density at radius 3 is 2.17 bits per heavy atom. The van der Waals surface area contributed by atoms with Gasteiger partial charge < -0.3 is 15.7 Å². The molecule has 0 heterocycles. The van der Waals surface area contributed by atoms with Crippen LogP contribution in [0.4, 0.5) is 0 Å². The predicted molar refractivity (Wildman–Crippen MR) is 87.8 cm³/mol. The van der Waals surface area contributed by atoms with Crippen LogP contribution in [0.3, 0.4) is 0 Å². The van der Waals surface area contributed by atoms with Gasteiger partial charge in [-0.2, -0.15) is 0 Å². The second-order valence-corrected chi connectivity index (χ2v) is 7.62. The molecule has 0 spiro atoms. The van der Waals surface area contributed by atoms with E-state index in [-0.39, 0.29) is 29.8 Å². The first-order valence-corrected chi connectivity index (χ1v) is 8.48. The minimum Gasteiger partial charge on any atom is -0.481 e. The number of hydrogen-bond acceptors (Lipinski definition) is 3. The largest absolute Gasteiger partial charge is 0.481 e. The SMILES string of the molecule is CC(C)(C)CC(=O)NCC(=O)NC1CCCCCCC1C(=O)O. The van der Waals surface area contributed by atoms with Gasteiger partial charge in [0.1, 0.15) is 0 Å². The quantitative estimate of drug-likeness (QED) is 0.721. The Bertz CT molecular complexity index is 429. The maximum absolute atomic E-state index is 12.0. The molecule has 132 valence electrons. The molecule has 0 aliphatic heterocycles. The lowest BCUT2D eigenvalue weighted by Gasteiger charge is -2.27. The number of carbonyl (C=O) groups is 3. The van der Waals surface area contributed by atoms with Crippen LogP contribution in [0.25, 0.3) is 0 Å². The average Bonchev–Trinajstić information content (AvgIpc) is 2.37. The number of aliphatic carboxylic acids is 1. The Labute approximate surface area is 138 Å². The van der Waals surface area contributed by atoms with E-state index in [9.17, 15) is 19.5 Å². The second kappa shape index (κ2) is 8.89. The van der Waals surface area contributed by atoms with Crippen molar-refractivity contribution < 1.29 is 19.5 Å². The van der Waals surface area contributed by atoms with E-state index >= 15 is 0 Å². The number of nitrogens with one attached hydrogen (secondary N) is 2. The van der Waals surface area contributed by atoms with Crippen molar-refractivity contribution in [2.45, 2.75) is 71.8 Å². The maximum Gasteiger partial charge on any atom is 0.308 e. The molecule has 6 heteroatoms. The minimum absolute atomic E-state index is 0.0995. The molecule has 1 saturated carbocycles. The zero-order valence-corrected chi connectivity index (χ0v) is 14.5. The first kappa shape index (κ1) is 19.5. The van der Waals surface area contributed by atoms with Crippen LogP contribution < -0.4 is 10.6 Å². The summed E-state index contributed by atoms with van der Waals surface area (Å²) in [6, 6.07) is -0.347. The first-order valence-electron chi connectivity index (χ1n) is 8.48. The van der Waals surface area contributed by atoms with Crippen LogP contribution >= 0.6 is 0 Å². The molecule has 1 aliphatic carbocycles. The van der Waals surface area contributed by atoms with Gasteiger partial charge in [-0.1, -0.05) is 46.5 Å². The number of carboxylic acids is 1. The smallest absolute Gasteiger partial charge is 0.308 e. The Morgan fingerprint density at radius 1 is 1.00 bits per heavy atom. The summed E-state index contributed by atoms with van der Waals surface area (Å²) in [6.07, 6.45) is 5.54. The van der Waals surface area contributed by atoms with E-state index < -0.39 is 11.9 Å². The van der Waals surface area contributed by atoms with Gasteiger partial charge in [-0.15, -0.1) is 0 Å².